The lowest BCUT2D eigenvalue weighted by Crippen LogP contribution is -2.06. The van der Waals surface area contributed by atoms with E-state index < -0.39 is 0 Å². The summed E-state index contributed by atoms with van der Waals surface area (Å²) in [4.78, 5) is 3.29. The van der Waals surface area contributed by atoms with E-state index in [1.807, 2.05) is 0 Å². The lowest BCUT2D eigenvalue weighted by molar-refractivity contribution is 0.105. The van der Waals surface area contributed by atoms with Crippen LogP contribution in [-0.4, -0.2) is 22.8 Å². The molecule has 4 heteroatoms. The van der Waals surface area contributed by atoms with E-state index in [-0.39, 0.29) is 0 Å². The molecule has 0 fully saturated rings. The summed E-state index contributed by atoms with van der Waals surface area (Å²) >= 11 is 5.40. The number of ether oxygens (including phenoxy) is 1. The molecule has 1 aromatic heterocycles. The Balaban J connectivity index is 2.03. The number of para-hydroxylation sites is 1. The van der Waals surface area contributed by atoms with Crippen LogP contribution in [0.5, 0.6) is 0 Å². The number of aryl methyl sites for hydroxylation is 2. The van der Waals surface area contributed by atoms with E-state index >= 15 is 0 Å². The second kappa shape index (κ2) is 6.35. The van der Waals surface area contributed by atoms with Crippen LogP contribution in [0.25, 0.3) is 11.0 Å². The van der Waals surface area contributed by atoms with Crippen LogP contribution in [0, 0.1) is 17.6 Å². The molecule has 1 heterocycles. The number of aromatic nitrogens is 2. The molecular formula is C15H22N2OS. The quantitative estimate of drug-likeness (QED) is 0.637. The lowest BCUT2D eigenvalue weighted by Gasteiger charge is -2.08. The Morgan fingerprint density at radius 2 is 2.16 bits per heavy atom. The van der Waals surface area contributed by atoms with Crippen LogP contribution < -0.4 is 0 Å². The number of hydrogen-bond acceptors (Lipinski definition) is 2. The van der Waals surface area contributed by atoms with Gasteiger partial charge in [-0.2, -0.15) is 0 Å². The van der Waals surface area contributed by atoms with Gasteiger partial charge >= 0.3 is 0 Å². The first-order valence-electron chi connectivity index (χ1n) is 6.85. The zero-order valence-corrected chi connectivity index (χ0v) is 12.7. The molecule has 1 aromatic carbocycles. The molecule has 1 N–H and O–H groups in total. The number of rotatable bonds is 6. The lowest BCUT2D eigenvalue weighted by atomic mass is 10.2. The third-order valence-electron chi connectivity index (χ3n) is 3.14. The number of aromatic amines is 1. The van der Waals surface area contributed by atoms with Gasteiger partial charge in [-0.1, -0.05) is 26.0 Å². The zero-order chi connectivity index (χ0) is 13.8. The summed E-state index contributed by atoms with van der Waals surface area (Å²) in [7, 11) is 0. The molecule has 2 aromatic rings. The van der Waals surface area contributed by atoms with Gasteiger partial charge in [0.1, 0.15) is 0 Å². The highest BCUT2D eigenvalue weighted by atomic mass is 32.1. The Morgan fingerprint density at radius 3 is 2.89 bits per heavy atom. The Kier molecular flexibility index (Phi) is 4.77. The summed E-state index contributed by atoms with van der Waals surface area (Å²) in [6.07, 6.45) is 0.988. The molecule has 0 spiro atoms. The van der Waals surface area contributed by atoms with E-state index in [2.05, 4.69) is 48.5 Å². The van der Waals surface area contributed by atoms with Gasteiger partial charge in [0, 0.05) is 19.8 Å². The van der Waals surface area contributed by atoms with Crippen molar-refractivity contribution in [1.82, 2.24) is 9.55 Å². The molecule has 0 saturated carbocycles. The molecule has 0 amide bonds. The third-order valence-corrected chi connectivity index (χ3v) is 3.46. The molecule has 0 saturated heterocycles. The van der Waals surface area contributed by atoms with Crippen LogP contribution in [0.2, 0.25) is 0 Å². The maximum absolute atomic E-state index is 5.61. The number of nitrogens with zero attached hydrogens (tertiary/aromatic N) is 1. The summed E-state index contributed by atoms with van der Waals surface area (Å²) in [6.45, 7) is 8.96. The van der Waals surface area contributed by atoms with E-state index in [4.69, 9.17) is 17.0 Å². The van der Waals surface area contributed by atoms with Crippen molar-refractivity contribution in [2.75, 3.05) is 13.2 Å². The Bertz CT molecular complexity index is 598. The normalized spacial score (nSPS) is 11.6. The molecule has 0 aliphatic carbocycles. The maximum atomic E-state index is 5.61. The van der Waals surface area contributed by atoms with Gasteiger partial charge in [0.25, 0.3) is 0 Å². The second-order valence-electron chi connectivity index (χ2n) is 5.37. The smallest absolute Gasteiger partial charge is 0.178 e. The molecule has 3 nitrogen and oxygen atoms in total. The topological polar surface area (TPSA) is 29.9 Å². The number of fused-ring (bicyclic) bond motifs is 1. The minimum absolute atomic E-state index is 0.595. The summed E-state index contributed by atoms with van der Waals surface area (Å²) in [6, 6.07) is 6.29. The number of benzene rings is 1. The fourth-order valence-electron chi connectivity index (χ4n) is 2.19. The molecule has 0 aliphatic heterocycles. The molecule has 0 unspecified atom stereocenters. The van der Waals surface area contributed by atoms with Crippen molar-refractivity contribution < 1.29 is 4.74 Å². The Hall–Kier alpha value is -1.13. The van der Waals surface area contributed by atoms with Crippen LogP contribution in [0.15, 0.2) is 18.2 Å². The minimum atomic E-state index is 0.595. The first-order valence-corrected chi connectivity index (χ1v) is 7.26. The summed E-state index contributed by atoms with van der Waals surface area (Å²) in [5.74, 6) is 0.595. The van der Waals surface area contributed by atoms with Gasteiger partial charge in [0.2, 0.25) is 0 Å². The maximum Gasteiger partial charge on any atom is 0.178 e. The second-order valence-corrected chi connectivity index (χ2v) is 5.76. The number of H-pyrrole nitrogens is 1. The highest BCUT2D eigenvalue weighted by Gasteiger charge is 2.05. The SMILES string of the molecule is Cc1cccc2c1[nH]c(=S)n2CCCOCC(C)C. The first-order chi connectivity index (χ1) is 9.09. The zero-order valence-electron chi connectivity index (χ0n) is 11.9. The third kappa shape index (κ3) is 3.45. The monoisotopic (exact) mass is 278 g/mol. The molecule has 19 heavy (non-hydrogen) atoms. The predicted octanol–water partition coefficient (Wildman–Crippen LogP) is 4.07. The Labute approximate surface area is 119 Å². The van der Waals surface area contributed by atoms with E-state index in [0.717, 1.165) is 36.5 Å². The summed E-state index contributed by atoms with van der Waals surface area (Å²) in [5, 5.41) is 0. The van der Waals surface area contributed by atoms with Crippen LogP contribution in [0.3, 0.4) is 0 Å². The van der Waals surface area contributed by atoms with Crippen molar-refractivity contribution in [1.29, 1.82) is 0 Å². The van der Waals surface area contributed by atoms with Gasteiger partial charge in [-0.3, -0.25) is 0 Å². The molecular weight excluding hydrogens is 256 g/mol. The van der Waals surface area contributed by atoms with Gasteiger partial charge in [-0.15, -0.1) is 0 Å². The molecule has 0 radical (unpaired) electrons. The van der Waals surface area contributed by atoms with Crippen LogP contribution in [0.4, 0.5) is 0 Å². The average molecular weight is 278 g/mol. The fourth-order valence-corrected chi connectivity index (χ4v) is 2.48. The van der Waals surface area contributed by atoms with Gasteiger partial charge in [-0.25, -0.2) is 0 Å². The Morgan fingerprint density at radius 1 is 1.37 bits per heavy atom. The minimum Gasteiger partial charge on any atom is -0.381 e. The molecule has 0 atom stereocenters. The highest BCUT2D eigenvalue weighted by molar-refractivity contribution is 7.71. The predicted molar refractivity (Wildman–Crippen MR) is 82.1 cm³/mol. The molecule has 2 rings (SSSR count). The van der Waals surface area contributed by atoms with Crippen molar-refractivity contribution in [3.8, 4) is 0 Å². The van der Waals surface area contributed by atoms with E-state index in [1.165, 1.54) is 11.1 Å². The van der Waals surface area contributed by atoms with Gasteiger partial charge in [0.05, 0.1) is 11.0 Å². The average Bonchev–Trinajstić information content (AvgIpc) is 2.67. The van der Waals surface area contributed by atoms with Crippen molar-refractivity contribution in [3.05, 3.63) is 28.5 Å². The van der Waals surface area contributed by atoms with Crippen molar-refractivity contribution in [3.63, 3.8) is 0 Å². The van der Waals surface area contributed by atoms with E-state index in [1.54, 1.807) is 0 Å². The summed E-state index contributed by atoms with van der Waals surface area (Å²) < 4.78 is 8.57. The van der Waals surface area contributed by atoms with Crippen molar-refractivity contribution in [2.24, 2.45) is 5.92 Å². The number of imidazole rings is 1. The van der Waals surface area contributed by atoms with Gasteiger partial charge in [0.15, 0.2) is 4.77 Å². The molecule has 0 aliphatic rings. The highest BCUT2D eigenvalue weighted by Crippen LogP contribution is 2.18. The van der Waals surface area contributed by atoms with Gasteiger partial charge in [-0.05, 0) is 43.1 Å². The van der Waals surface area contributed by atoms with Crippen molar-refractivity contribution in [2.45, 2.75) is 33.7 Å². The largest absolute Gasteiger partial charge is 0.381 e. The van der Waals surface area contributed by atoms with Crippen LogP contribution in [-0.2, 0) is 11.3 Å². The fraction of sp³-hybridized carbons (Fsp3) is 0.533. The van der Waals surface area contributed by atoms with Crippen molar-refractivity contribution >= 4 is 23.3 Å². The van der Waals surface area contributed by atoms with Gasteiger partial charge < -0.3 is 14.3 Å². The van der Waals surface area contributed by atoms with Crippen LogP contribution >= 0.6 is 12.2 Å². The standard InChI is InChI=1S/C15H22N2OS/c1-11(2)10-18-9-5-8-17-13-7-4-6-12(3)14(13)16-15(17)19/h4,6-7,11H,5,8-10H2,1-3H3,(H,16,19). The van der Waals surface area contributed by atoms with Crippen LogP contribution in [0.1, 0.15) is 25.8 Å². The number of nitrogens with one attached hydrogen (secondary N) is 1. The molecule has 0 bridgehead atoms. The summed E-state index contributed by atoms with van der Waals surface area (Å²) in [5.41, 5.74) is 3.57. The first kappa shape index (κ1) is 14.3. The number of hydrogen-bond donors (Lipinski definition) is 1. The molecule has 104 valence electrons. The van der Waals surface area contributed by atoms with E-state index in [9.17, 15) is 0 Å². The van der Waals surface area contributed by atoms with E-state index in [0.29, 0.717) is 5.92 Å².